The van der Waals surface area contributed by atoms with E-state index >= 15 is 0 Å². The Morgan fingerprint density at radius 1 is 1.40 bits per heavy atom. The lowest BCUT2D eigenvalue weighted by molar-refractivity contribution is -0.121. The van der Waals surface area contributed by atoms with Crippen molar-refractivity contribution in [2.45, 2.75) is 31.2 Å². The topological polar surface area (TPSA) is 100 Å². The number of aromatic nitrogens is 1. The molecule has 0 bridgehead atoms. The summed E-state index contributed by atoms with van der Waals surface area (Å²) in [5.74, 6) is -0.192. The van der Waals surface area contributed by atoms with Crippen LogP contribution in [0.5, 0.6) is 0 Å². The number of carbonyl (C=O) groups is 1. The molecule has 7 nitrogen and oxygen atoms in total. The minimum Gasteiger partial charge on any atom is -0.387 e. The number of nitrogens with zero attached hydrogens (tertiary/aromatic N) is 1. The fourth-order valence-corrected chi connectivity index (χ4v) is 2.76. The monoisotopic (exact) mass is 300 g/mol. The van der Waals surface area contributed by atoms with Crippen LogP contribution in [0.2, 0.25) is 0 Å². The molecular formula is C12H20N4O3S. The largest absolute Gasteiger partial charge is 0.387 e. The highest BCUT2D eigenvalue weighted by Gasteiger charge is 2.18. The number of anilines is 1. The maximum absolute atomic E-state index is 12.1. The summed E-state index contributed by atoms with van der Waals surface area (Å²) in [7, 11) is -2.05. The smallest absolute Gasteiger partial charge is 0.244 e. The lowest BCUT2D eigenvalue weighted by atomic mass is 10.3. The van der Waals surface area contributed by atoms with Crippen LogP contribution in [0, 0.1) is 0 Å². The summed E-state index contributed by atoms with van der Waals surface area (Å²) in [4.78, 5) is 15.3. The van der Waals surface area contributed by atoms with Crippen LogP contribution in [-0.2, 0) is 14.8 Å². The van der Waals surface area contributed by atoms with Crippen LogP contribution >= 0.6 is 0 Å². The molecule has 1 heterocycles. The van der Waals surface area contributed by atoms with Crippen molar-refractivity contribution in [3.05, 3.63) is 18.5 Å². The van der Waals surface area contributed by atoms with Crippen molar-refractivity contribution in [3.63, 3.8) is 0 Å². The Morgan fingerprint density at radius 3 is 2.70 bits per heavy atom. The van der Waals surface area contributed by atoms with Gasteiger partial charge in [-0.15, -0.1) is 0 Å². The zero-order valence-corrected chi connectivity index (χ0v) is 12.6. The van der Waals surface area contributed by atoms with Gasteiger partial charge >= 0.3 is 0 Å². The first-order valence-electron chi connectivity index (χ1n) is 6.27. The zero-order chi connectivity index (χ0) is 15.2. The summed E-state index contributed by atoms with van der Waals surface area (Å²) in [5, 5.41) is 5.48. The fraction of sp³-hybridized carbons (Fsp3) is 0.500. The Morgan fingerprint density at radius 2 is 2.10 bits per heavy atom. The first-order chi connectivity index (χ1) is 9.36. The number of hydrogen-bond acceptors (Lipinski definition) is 5. The van der Waals surface area contributed by atoms with Gasteiger partial charge in [0.1, 0.15) is 4.90 Å². The average molecular weight is 300 g/mol. The minimum atomic E-state index is -3.68. The molecular weight excluding hydrogens is 280 g/mol. The Hall–Kier alpha value is -1.67. The minimum absolute atomic E-state index is 0.0355. The van der Waals surface area contributed by atoms with Crippen molar-refractivity contribution in [2.24, 2.45) is 0 Å². The van der Waals surface area contributed by atoms with Gasteiger partial charge in [0.25, 0.3) is 0 Å². The molecule has 1 aromatic rings. The highest BCUT2D eigenvalue weighted by Crippen LogP contribution is 2.18. The third-order valence-corrected chi connectivity index (χ3v) is 3.93. The number of sulfonamides is 1. The first-order valence-corrected chi connectivity index (χ1v) is 7.76. The molecule has 8 heteroatoms. The van der Waals surface area contributed by atoms with E-state index in [0.717, 1.165) is 0 Å². The molecule has 0 saturated heterocycles. The van der Waals surface area contributed by atoms with E-state index in [1.54, 1.807) is 13.1 Å². The van der Waals surface area contributed by atoms with Gasteiger partial charge < -0.3 is 10.6 Å². The van der Waals surface area contributed by atoms with Crippen LogP contribution in [0.25, 0.3) is 0 Å². The molecule has 20 heavy (non-hydrogen) atoms. The molecule has 1 amide bonds. The highest BCUT2D eigenvalue weighted by atomic mass is 32.2. The van der Waals surface area contributed by atoms with E-state index in [4.69, 9.17) is 0 Å². The summed E-state index contributed by atoms with van der Waals surface area (Å²) in [6, 6.07) is 1.60. The van der Waals surface area contributed by atoms with E-state index in [1.807, 2.05) is 13.8 Å². The van der Waals surface area contributed by atoms with E-state index in [9.17, 15) is 13.2 Å². The van der Waals surface area contributed by atoms with E-state index < -0.39 is 10.0 Å². The van der Waals surface area contributed by atoms with Gasteiger partial charge in [0.05, 0.1) is 5.69 Å². The number of carbonyl (C=O) groups excluding carboxylic acids is 1. The maximum Gasteiger partial charge on any atom is 0.244 e. The summed E-state index contributed by atoms with van der Waals surface area (Å²) in [6.07, 6.45) is 2.86. The number of amides is 1. The van der Waals surface area contributed by atoms with E-state index in [2.05, 4.69) is 20.3 Å². The van der Waals surface area contributed by atoms with E-state index in [0.29, 0.717) is 5.69 Å². The molecule has 0 aliphatic rings. The van der Waals surface area contributed by atoms with Gasteiger partial charge in [-0.3, -0.25) is 9.78 Å². The Labute approximate surface area is 119 Å². The average Bonchev–Trinajstić information content (AvgIpc) is 2.37. The van der Waals surface area contributed by atoms with Crippen molar-refractivity contribution >= 4 is 21.6 Å². The molecule has 0 spiro atoms. The van der Waals surface area contributed by atoms with Gasteiger partial charge in [-0.2, -0.15) is 0 Å². The fourth-order valence-electron chi connectivity index (χ4n) is 1.57. The van der Waals surface area contributed by atoms with E-state index in [1.165, 1.54) is 12.4 Å². The van der Waals surface area contributed by atoms with Crippen molar-refractivity contribution < 1.29 is 13.2 Å². The Bertz CT molecular complexity index is 558. The maximum atomic E-state index is 12.1. The normalized spacial score (nSPS) is 11.4. The van der Waals surface area contributed by atoms with Crippen LogP contribution in [0.3, 0.4) is 0 Å². The molecule has 112 valence electrons. The molecule has 0 aromatic carbocycles. The van der Waals surface area contributed by atoms with Crippen molar-refractivity contribution in [1.29, 1.82) is 0 Å². The summed E-state index contributed by atoms with van der Waals surface area (Å²) in [5.41, 5.74) is 0.458. The Balaban J connectivity index is 2.65. The van der Waals surface area contributed by atoms with Crippen molar-refractivity contribution in [3.8, 4) is 0 Å². The molecule has 0 atom stereocenters. The van der Waals surface area contributed by atoms with Crippen molar-refractivity contribution in [1.82, 2.24) is 15.0 Å². The zero-order valence-electron chi connectivity index (χ0n) is 11.8. The molecule has 0 saturated carbocycles. The van der Waals surface area contributed by atoms with Gasteiger partial charge in [0.15, 0.2) is 0 Å². The van der Waals surface area contributed by atoms with Gasteiger partial charge in [0.2, 0.25) is 15.9 Å². The Kier molecular flexibility index (Phi) is 5.90. The molecule has 0 aliphatic heterocycles. The standard InChI is InChI=1S/C12H20N4O3S/c1-9(2)16-12(17)5-7-15-20(18,19)11-8-14-6-4-10(11)13-3/h4,6,8-9,15H,5,7H2,1-3H3,(H,13,14)(H,16,17). The van der Waals surface area contributed by atoms with Gasteiger partial charge in [0, 0.05) is 38.4 Å². The van der Waals surface area contributed by atoms with Crippen LogP contribution in [0.4, 0.5) is 5.69 Å². The van der Waals surface area contributed by atoms with Crippen LogP contribution in [0.1, 0.15) is 20.3 Å². The summed E-state index contributed by atoms with van der Waals surface area (Å²) in [6.45, 7) is 3.73. The summed E-state index contributed by atoms with van der Waals surface area (Å²) < 4.78 is 26.6. The second kappa shape index (κ2) is 7.20. The molecule has 3 N–H and O–H groups in total. The first kappa shape index (κ1) is 16.4. The lowest BCUT2D eigenvalue weighted by Gasteiger charge is -2.11. The quantitative estimate of drug-likeness (QED) is 0.673. The van der Waals surface area contributed by atoms with Crippen molar-refractivity contribution in [2.75, 3.05) is 18.9 Å². The number of hydrogen-bond donors (Lipinski definition) is 3. The summed E-state index contributed by atoms with van der Waals surface area (Å²) >= 11 is 0. The highest BCUT2D eigenvalue weighted by molar-refractivity contribution is 7.89. The van der Waals surface area contributed by atoms with Crippen LogP contribution < -0.4 is 15.4 Å². The molecule has 0 radical (unpaired) electrons. The number of nitrogens with one attached hydrogen (secondary N) is 3. The second-order valence-electron chi connectivity index (χ2n) is 4.49. The predicted octanol–water partition coefficient (Wildman–Crippen LogP) is 0.316. The third kappa shape index (κ3) is 4.78. The van der Waals surface area contributed by atoms with Crippen LogP contribution in [-0.4, -0.2) is 38.9 Å². The predicted molar refractivity (Wildman–Crippen MR) is 76.9 cm³/mol. The number of pyridine rings is 1. The molecule has 1 aromatic heterocycles. The molecule has 0 fully saturated rings. The van der Waals surface area contributed by atoms with Crippen LogP contribution in [0.15, 0.2) is 23.4 Å². The second-order valence-corrected chi connectivity index (χ2v) is 6.23. The molecule has 1 rings (SSSR count). The van der Waals surface area contributed by atoms with E-state index in [-0.39, 0.29) is 29.8 Å². The van der Waals surface area contributed by atoms with Gasteiger partial charge in [-0.1, -0.05) is 0 Å². The third-order valence-electron chi connectivity index (χ3n) is 2.44. The van der Waals surface area contributed by atoms with Gasteiger partial charge in [-0.05, 0) is 19.9 Å². The van der Waals surface area contributed by atoms with Gasteiger partial charge in [-0.25, -0.2) is 13.1 Å². The SMILES string of the molecule is CNc1ccncc1S(=O)(=O)NCCC(=O)NC(C)C. The number of rotatable bonds is 7. The molecule has 0 unspecified atom stereocenters. The molecule has 0 aliphatic carbocycles. The lowest BCUT2D eigenvalue weighted by Crippen LogP contribution is -2.34.